The van der Waals surface area contributed by atoms with Gasteiger partial charge in [-0.1, -0.05) is 12.1 Å². The standard InChI is InChI=1S/C18H18F4N2O2/c1-17(26)6-7-18(22,11-3-2-8-23-15(11)17)16(25)24-9-10-4-5-12(19)14(21)13(10)20/h2-5,8,16,24-26H,6-7,9H2,1H3/t16?,17-,18-/m0/s1. The first kappa shape index (κ1) is 18.8. The van der Waals surface area contributed by atoms with Crippen LogP contribution in [-0.2, 0) is 17.8 Å². The van der Waals surface area contributed by atoms with Crippen LogP contribution in [0.3, 0.4) is 0 Å². The third kappa shape index (κ3) is 3.08. The van der Waals surface area contributed by atoms with Crippen molar-refractivity contribution in [1.82, 2.24) is 10.3 Å². The monoisotopic (exact) mass is 370 g/mol. The summed E-state index contributed by atoms with van der Waals surface area (Å²) in [5.41, 5.74) is -3.71. The predicted octanol–water partition coefficient (Wildman–Crippen LogP) is 2.77. The highest BCUT2D eigenvalue weighted by Gasteiger charge is 2.49. The second-order valence-corrected chi connectivity index (χ2v) is 6.65. The van der Waals surface area contributed by atoms with Gasteiger partial charge in [0.25, 0.3) is 0 Å². The van der Waals surface area contributed by atoms with Gasteiger partial charge in [0.05, 0.1) is 5.69 Å². The fourth-order valence-corrected chi connectivity index (χ4v) is 3.20. The van der Waals surface area contributed by atoms with E-state index in [1.807, 2.05) is 0 Å². The van der Waals surface area contributed by atoms with Crippen LogP contribution in [-0.4, -0.2) is 21.4 Å². The van der Waals surface area contributed by atoms with E-state index in [4.69, 9.17) is 0 Å². The molecule has 0 saturated carbocycles. The molecular formula is C18H18F4N2O2. The molecule has 1 unspecified atom stereocenters. The van der Waals surface area contributed by atoms with Crippen molar-refractivity contribution in [2.45, 2.75) is 43.8 Å². The molecule has 0 saturated heterocycles. The predicted molar refractivity (Wildman–Crippen MR) is 85.0 cm³/mol. The Morgan fingerprint density at radius 2 is 1.92 bits per heavy atom. The summed E-state index contributed by atoms with van der Waals surface area (Å²) in [5.74, 6) is -4.36. The number of fused-ring (bicyclic) bond motifs is 1. The molecule has 1 aliphatic rings. The lowest BCUT2D eigenvalue weighted by molar-refractivity contribution is -0.0781. The average Bonchev–Trinajstić information content (AvgIpc) is 2.62. The zero-order chi connectivity index (χ0) is 19.1. The maximum absolute atomic E-state index is 15.6. The van der Waals surface area contributed by atoms with Gasteiger partial charge in [-0.2, -0.15) is 0 Å². The number of hydrogen-bond donors (Lipinski definition) is 3. The van der Waals surface area contributed by atoms with Crippen molar-refractivity contribution in [1.29, 1.82) is 0 Å². The smallest absolute Gasteiger partial charge is 0.194 e. The van der Waals surface area contributed by atoms with Crippen LogP contribution in [0.25, 0.3) is 0 Å². The Hall–Kier alpha value is -2.03. The molecule has 0 spiro atoms. The number of rotatable bonds is 4. The summed E-state index contributed by atoms with van der Waals surface area (Å²) in [6.07, 6.45) is -0.539. The third-order valence-corrected chi connectivity index (χ3v) is 4.78. The van der Waals surface area contributed by atoms with E-state index in [2.05, 4.69) is 10.3 Å². The SMILES string of the molecule is C[C@]1(O)CC[C@@](F)(C(O)NCc2ccc(F)c(F)c2F)c2cccnc21. The van der Waals surface area contributed by atoms with Gasteiger partial charge >= 0.3 is 0 Å². The Morgan fingerprint density at radius 1 is 1.19 bits per heavy atom. The van der Waals surface area contributed by atoms with E-state index >= 15 is 4.39 Å². The van der Waals surface area contributed by atoms with Gasteiger partial charge in [-0.05, 0) is 31.9 Å². The van der Waals surface area contributed by atoms with Crippen LogP contribution in [0.1, 0.15) is 36.6 Å². The number of aliphatic hydroxyl groups is 2. The number of aliphatic hydroxyl groups excluding tert-OH is 1. The van der Waals surface area contributed by atoms with Gasteiger partial charge in [-0.25, -0.2) is 17.6 Å². The van der Waals surface area contributed by atoms with Gasteiger partial charge in [0, 0.05) is 23.9 Å². The van der Waals surface area contributed by atoms with Crippen LogP contribution in [0, 0.1) is 17.5 Å². The largest absolute Gasteiger partial charge is 0.384 e. The highest BCUT2D eigenvalue weighted by Crippen LogP contribution is 2.46. The van der Waals surface area contributed by atoms with Crippen molar-refractivity contribution in [3.63, 3.8) is 0 Å². The molecule has 3 N–H and O–H groups in total. The van der Waals surface area contributed by atoms with Gasteiger partial charge in [-0.15, -0.1) is 0 Å². The molecule has 1 aliphatic carbocycles. The van der Waals surface area contributed by atoms with Crippen LogP contribution in [0.5, 0.6) is 0 Å². The van der Waals surface area contributed by atoms with Crippen LogP contribution in [0.15, 0.2) is 30.5 Å². The summed E-state index contributed by atoms with van der Waals surface area (Å²) >= 11 is 0. The zero-order valence-corrected chi connectivity index (χ0v) is 13.9. The molecule has 1 heterocycles. The van der Waals surface area contributed by atoms with Crippen molar-refractivity contribution in [3.8, 4) is 0 Å². The molecular weight excluding hydrogens is 352 g/mol. The summed E-state index contributed by atoms with van der Waals surface area (Å²) in [5, 5.41) is 23.1. The Labute approximate surface area is 147 Å². The molecule has 3 atom stereocenters. The Kier molecular flexibility index (Phi) is 4.76. The summed E-state index contributed by atoms with van der Waals surface area (Å²) < 4.78 is 55.5. The van der Waals surface area contributed by atoms with Crippen molar-refractivity contribution < 1.29 is 27.8 Å². The van der Waals surface area contributed by atoms with Crippen molar-refractivity contribution in [2.24, 2.45) is 0 Å². The molecule has 8 heteroatoms. The normalized spacial score (nSPS) is 26.4. The zero-order valence-electron chi connectivity index (χ0n) is 13.9. The van der Waals surface area contributed by atoms with Gasteiger partial charge in [0.15, 0.2) is 23.1 Å². The maximum Gasteiger partial charge on any atom is 0.194 e. The number of nitrogens with one attached hydrogen (secondary N) is 1. The number of nitrogens with zero attached hydrogens (tertiary/aromatic N) is 1. The third-order valence-electron chi connectivity index (χ3n) is 4.78. The molecule has 0 bridgehead atoms. The Balaban J connectivity index is 1.84. The van der Waals surface area contributed by atoms with Crippen molar-refractivity contribution >= 4 is 0 Å². The average molecular weight is 370 g/mol. The molecule has 0 aliphatic heterocycles. The Bertz CT molecular complexity index is 831. The first-order valence-corrected chi connectivity index (χ1v) is 8.08. The van der Waals surface area contributed by atoms with Gasteiger partial charge in [0.1, 0.15) is 11.8 Å². The quantitative estimate of drug-likeness (QED) is 0.440. The van der Waals surface area contributed by atoms with Crippen LogP contribution < -0.4 is 5.32 Å². The summed E-state index contributed by atoms with van der Waals surface area (Å²) in [7, 11) is 0. The van der Waals surface area contributed by atoms with Crippen molar-refractivity contribution in [2.75, 3.05) is 0 Å². The van der Waals surface area contributed by atoms with Gasteiger partial charge in [-0.3, -0.25) is 10.3 Å². The van der Waals surface area contributed by atoms with Crippen molar-refractivity contribution in [3.05, 3.63) is 64.7 Å². The molecule has 0 amide bonds. The number of halogens is 4. The number of benzene rings is 1. The molecule has 0 fully saturated rings. The fourth-order valence-electron chi connectivity index (χ4n) is 3.20. The lowest BCUT2D eigenvalue weighted by atomic mass is 9.75. The maximum atomic E-state index is 15.6. The number of hydrogen-bond acceptors (Lipinski definition) is 4. The van der Waals surface area contributed by atoms with E-state index in [9.17, 15) is 23.4 Å². The second-order valence-electron chi connectivity index (χ2n) is 6.65. The van der Waals surface area contributed by atoms with Gasteiger partial charge in [0.2, 0.25) is 0 Å². The lowest BCUT2D eigenvalue weighted by Gasteiger charge is -2.41. The lowest BCUT2D eigenvalue weighted by Crippen LogP contribution is -2.50. The number of alkyl halides is 1. The fraction of sp³-hybridized carbons (Fsp3) is 0.389. The molecule has 26 heavy (non-hydrogen) atoms. The molecule has 140 valence electrons. The highest BCUT2D eigenvalue weighted by molar-refractivity contribution is 5.35. The van der Waals surface area contributed by atoms with Gasteiger partial charge < -0.3 is 10.2 Å². The first-order chi connectivity index (χ1) is 12.2. The molecule has 4 nitrogen and oxygen atoms in total. The van der Waals surface area contributed by atoms with E-state index < -0.39 is 41.5 Å². The van der Waals surface area contributed by atoms with Crippen LogP contribution in [0.4, 0.5) is 17.6 Å². The first-order valence-electron chi connectivity index (χ1n) is 8.08. The minimum Gasteiger partial charge on any atom is -0.384 e. The van der Waals surface area contributed by atoms with E-state index in [-0.39, 0.29) is 29.7 Å². The van der Waals surface area contributed by atoms with Crippen LogP contribution in [0.2, 0.25) is 0 Å². The van der Waals surface area contributed by atoms with E-state index in [0.29, 0.717) is 0 Å². The molecule has 3 rings (SSSR count). The summed E-state index contributed by atoms with van der Waals surface area (Å²) in [4.78, 5) is 4.02. The number of pyridine rings is 1. The minimum absolute atomic E-state index is 0.0196. The molecule has 0 radical (unpaired) electrons. The summed E-state index contributed by atoms with van der Waals surface area (Å²) in [6, 6.07) is 4.67. The van der Waals surface area contributed by atoms with Crippen LogP contribution >= 0.6 is 0 Å². The Morgan fingerprint density at radius 3 is 2.65 bits per heavy atom. The topological polar surface area (TPSA) is 65.4 Å². The highest BCUT2D eigenvalue weighted by atomic mass is 19.2. The number of aromatic nitrogens is 1. The van der Waals surface area contributed by atoms with E-state index in [1.54, 1.807) is 0 Å². The van der Waals surface area contributed by atoms with E-state index in [0.717, 1.165) is 12.1 Å². The van der Waals surface area contributed by atoms with E-state index in [1.165, 1.54) is 25.3 Å². The molecule has 2 aromatic rings. The molecule has 1 aromatic carbocycles. The minimum atomic E-state index is -2.28. The summed E-state index contributed by atoms with van der Waals surface area (Å²) in [6.45, 7) is 1.09. The second kappa shape index (κ2) is 6.61. The molecule has 1 aromatic heterocycles.